The first-order valence-electron chi connectivity index (χ1n) is 6.94. The Bertz CT molecular complexity index is 830. The van der Waals surface area contributed by atoms with Crippen LogP contribution < -0.4 is 0 Å². The van der Waals surface area contributed by atoms with Crippen LogP contribution in [0.25, 0.3) is 5.69 Å². The topological polar surface area (TPSA) is 80.9 Å². The molecule has 1 heterocycles. The van der Waals surface area contributed by atoms with E-state index >= 15 is 0 Å². The second-order valence-electron chi connectivity index (χ2n) is 4.97. The Balaban J connectivity index is 1.73. The molecule has 0 aliphatic rings. The lowest BCUT2D eigenvalue weighted by Gasteiger charge is -2.05. The van der Waals surface area contributed by atoms with Crippen LogP contribution in [-0.2, 0) is 0 Å². The number of ketones is 1. The van der Waals surface area contributed by atoms with Crippen molar-refractivity contribution in [3.63, 3.8) is 0 Å². The SMILES string of the molecule is Cc1cccc(-n2nnnc2SCC(=O)c2ccc(O)cc2)c1. The monoisotopic (exact) mass is 326 g/mol. The van der Waals surface area contributed by atoms with Gasteiger partial charge in [0.1, 0.15) is 5.75 Å². The third kappa shape index (κ3) is 3.57. The summed E-state index contributed by atoms with van der Waals surface area (Å²) in [5.74, 6) is 0.308. The molecule has 1 aromatic heterocycles. The van der Waals surface area contributed by atoms with E-state index in [4.69, 9.17) is 0 Å². The summed E-state index contributed by atoms with van der Waals surface area (Å²) < 4.78 is 1.61. The summed E-state index contributed by atoms with van der Waals surface area (Å²) in [5, 5.41) is 21.5. The molecule has 7 heteroatoms. The molecule has 23 heavy (non-hydrogen) atoms. The quantitative estimate of drug-likeness (QED) is 0.573. The van der Waals surface area contributed by atoms with Crippen molar-refractivity contribution in [3.8, 4) is 11.4 Å². The summed E-state index contributed by atoms with van der Waals surface area (Å²) in [6.07, 6.45) is 0. The second-order valence-corrected chi connectivity index (χ2v) is 5.91. The summed E-state index contributed by atoms with van der Waals surface area (Å²) in [6.45, 7) is 2.00. The Kier molecular flexibility index (Phi) is 4.38. The third-order valence-electron chi connectivity index (χ3n) is 3.21. The van der Waals surface area contributed by atoms with Crippen molar-refractivity contribution < 1.29 is 9.90 Å². The van der Waals surface area contributed by atoms with E-state index in [0.717, 1.165) is 11.3 Å². The molecule has 2 aromatic carbocycles. The van der Waals surface area contributed by atoms with E-state index < -0.39 is 0 Å². The molecule has 0 atom stereocenters. The highest BCUT2D eigenvalue weighted by Gasteiger charge is 2.13. The van der Waals surface area contributed by atoms with Gasteiger partial charge >= 0.3 is 0 Å². The number of phenols is 1. The average molecular weight is 326 g/mol. The van der Waals surface area contributed by atoms with Gasteiger partial charge in [-0.15, -0.1) is 5.10 Å². The van der Waals surface area contributed by atoms with Crippen LogP contribution in [0.5, 0.6) is 5.75 Å². The Morgan fingerprint density at radius 2 is 2.00 bits per heavy atom. The number of tetrazole rings is 1. The molecule has 0 bridgehead atoms. The number of carbonyl (C=O) groups is 1. The maximum absolute atomic E-state index is 12.2. The van der Waals surface area contributed by atoms with Crippen LogP contribution in [0.2, 0.25) is 0 Å². The smallest absolute Gasteiger partial charge is 0.214 e. The van der Waals surface area contributed by atoms with Crippen molar-refractivity contribution in [1.29, 1.82) is 0 Å². The Labute approximate surface area is 137 Å². The highest BCUT2D eigenvalue weighted by molar-refractivity contribution is 7.99. The number of thioether (sulfide) groups is 1. The number of aryl methyl sites for hydroxylation is 1. The van der Waals surface area contributed by atoms with Crippen LogP contribution in [0.3, 0.4) is 0 Å². The Morgan fingerprint density at radius 1 is 1.22 bits per heavy atom. The minimum atomic E-state index is -0.0474. The minimum absolute atomic E-state index is 0.0474. The molecule has 0 radical (unpaired) electrons. The van der Waals surface area contributed by atoms with Crippen molar-refractivity contribution in [3.05, 3.63) is 59.7 Å². The largest absolute Gasteiger partial charge is 0.508 e. The Hall–Kier alpha value is -2.67. The van der Waals surface area contributed by atoms with Gasteiger partial charge < -0.3 is 5.11 Å². The third-order valence-corrected chi connectivity index (χ3v) is 4.13. The first kappa shape index (κ1) is 15.2. The van der Waals surface area contributed by atoms with Gasteiger partial charge in [0.25, 0.3) is 0 Å². The predicted molar refractivity (Wildman–Crippen MR) is 87.1 cm³/mol. The fraction of sp³-hybridized carbons (Fsp3) is 0.125. The van der Waals surface area contributed by atoms with E-state index in [9.17, 15) is 9.90 Å². The molecule has 0 amide bonds. The van der Waals surface area contributed by atoms with Gasteiger partial charge in [-0.2, -0.15) is 4.68 Å². The van der Waals surface area contributed by atoms with E-state index in [1.54, 1.807) is 16.8 Å². The minimum Gasteiger partial charge on any atom is -0.508 e. The van der Waals surface area contributed by atoms with Crippen molar-refractivity contribution >= 4 is 17.5 Å². The molecule has 0 fully saturated rings. The number of nitrogens with zero attached hydrogens (tertiary/aromatic N) is 4. The molecular weight excluding hydrogens is 312 g/mol. The van der Waals surface area contributed by atoms with Crippen LogP contribution in [0.15, 0.2) is 53.7 Å². The van der Waals surface area contributed by atoms with Crippen LogP contribution >= 0.6 is 11.8 Å². The molecule has 0 saturated carbocycles. The van der Waals surface area contributed by atoms with Crippen molar-refractivity contribution in [2.45, 2.75) is 12.1 Å². The molecule has 1 N–H and O–H groups in total. The van der Waals surface area contributed by atoms with Gasteiger partial charge in [0.15, 0.2) is 5.78 Å². The van der Waals surface area contributed by atoms with E-state index in [-0.39, 0.29) is 17.3 Å². The summed E-state index contributed by atoms with van der Waals surface area (Å²) >= 11 is 1.28. The highest BCUT2D eigenvalue weighted by atomic mass is 32.2. The standard InChI is InChI=1S/C16H14N4O2S/c1-11-3-2-4-13(9-11)20-16(17-18-19-20)23-10-15(22)12-5-7-14(21)8-6-12/h2-9,21H,10H2,1H3. The number of benzene rings is 2. The van der Waals surface area contributed by atoms with Gasteiger partial charge in [0.2, 0.25) is 5.16 Å². The normalized spacial score (nSPS) is 10.7. The summed E-state index contributed by atoms with van der Waals surface area (Å²) in [5.41, 5.74) is 2.51. The molecular formula is C16H14N4O2S. The summed E-state index contributed by atoms with van der Waals surface area (Å²) in [6, 6.07) is 14.0. The maximum atomic E-state index is 12.2. The van der Waals surface area contributed by atoms with Gasteiger partial charge in [0.05, 0.1) is 11.4 Å². The average Bonchev–Trinajstić information content (AvgIpc) is 3.02. The number of aromatic nitrogens is 4. The van der Waals surface area contributed by atoms with E-state index in [0.29, 0.717) is 10.7 Å². The Morgan fingerprint density at radius 3 is 2.74 bits per heavy atom. The fourth-order valence-electron chi connectivity index (χ4n) is 2.05. The zero-order valence-electron chi connectivity index (χ0n) is 12.4. The lowest BCUT2D eigenvalue weighted by atomic mass is 10.1. The number of Topliss-reactive ketones (excluding diaryl/α,β-unsaturated/α-hetero) is 1. The van der Waals surface area contributed by atoms with Gasteiger partial charge in [-0.3, -0.25) is 4.79 Å². The summed E-state index contributed by atoms with van der Waals surface area (Å²) in [4.78, 5) is 12.2. The van der Waals surface area contributed by atoms with Crippen LogP contribution in [0, 0.1) is 6.92 Å². The van der Waals surface area contributed by atoms with Crippen LogP contribution in [0.1, 0.15) is 15.9 Å². The van der Waals surface area contributed by atoms with Crippen molar-refractivity contribution in [2.75, 3.05) is 5.75 Å². The molecule has 0 aliphatic carbocycles. The highest BCUT2D eigenvalue weighted by Crippen LogP contribution is 2.20. The van der Waals surface area contributed by atoms with E-state index in [1.807, 2.05) is 31.2 Å². The lowest BCUT2D eigenvalue weighted by molar-refractivity contribution is 0.102. The number of phenolic OH excluding ortho intramolecular Hbond substituents is 1. The molecule has 3 aromatic rings. The lowest BCUT2D eigenvalue weighted by Crippen LogP contribution is -2.05. The zero-order chi connectivity index (χ0) is 16.2. The first-order chi connectivity index (χ1) is 11.1. The molecule has 116 valence electrons. The number of hydrogen-bond acceptors (Lipinski definition) is 6. The van der Waals surface area contributed by atoms with Gasteiger partial charge in [-0.05, 0) is 59.3 Å². The summed E-state index contributed by atoms with van der Waals surface area (Å²) in [7, 11) is 0. The fourth-order valence-corrected chi connectivity index (χ4v) is 2.84. The van der Waals surface area contributed by atoms with Crippen LogP contribution in [-0.4, -0.2) is 36.8 Å². The predicted octanol–water partition coefficient (Wildman–Crippen LogP) is 2.65. The maximum Gasteiger partial charge on any atom is 0.214 e. The van der Waals surface area contributed by atoms with Crippen LogP contribution in [0.4, 0.5) is 0 Å². The number of rotatable bonds is 5. The van der Waals surface area contributed by atoms with E-state index in [1.165, 1.54) is 23.9 Å². The molecule has 3 rings (SSSR count). The van der Waals surface area contributed by atoms with Crippen molar-refractivity contribution in [2.24, 2.45) is 0 Å². The van der Waals surface area contributed by atoms with Gasteiger partial charge in [-0.1, -0.05) is 23.9 Å². The molecule has 0 spiro atoms. The van der Waals surface area contributed by atoms with Crippen molar-refractivity contribution in [1.82, 2.24) is 20.2 Å². The van der Waals surface area contributed by atoms with Gasteiger partial charge in [-0.25, -0.2) is 0 Å². The first-order valence-corrected chi connectivity index (χ1v) is 7.92. The number of hydrogen-bond donors (Lipinski definition) is 1. The second kappa shape index (κ2) is 6.62. The molecule has 0 saturated heterocycles. The molecule has 0 unspecified atom stereocenters. The van der Waals surface area contributed by atoms with E-state index in [2.05, 4.69) is 15.5 Å². The zero-order valence-corrected chi connectivity index (χ0v) is 13.2. The molecule has 6 nitrogen and oxygen atoms in total. The number of carbonyl (C=O) groups excluding carboxylic acids is 1. The van der Waals surface area contributed by atoms with Gasteiger partial charge in [0, 0.05) is 5.56 Å². The molecule has 0 aliphatic heterocycles. The number of aromatic hydroxyl groups is 1.